The molecule has 0 radical (unpaired) electrons. The highest BCUT2D eigenvalue weighted by Gasteiger charge is 2.24. The Bertz CT molecular complexity index is 577. The number of ether oxygens (including phenoxy) is 1. The first-order valence-electron chi connectivity index (χ1n) is 5.94. The van der Waals surface area contributed by atoms with Crippen LogP contribution in [0.2, 0.25) is 0 Å². The normalized spacial score (nSPS) is 10.0. The van der Waals surface area contributed by atoms with Gasteiger partial charge >= 0.3 is 11.7 Å². The van der Waals surface area contributed by atoms with Crippen molar-refractivity contribution in [1.29, 1.82) is 0 Å². The molecular weight excluding hydrogens is 290 g/mol. The van der Waals surface area contributed by atoms with E-state index in [0.717, 1.165) is 0 Å². The molecule has 7 nitrogen and oxygen atoms in total. The number of carbonyl (C=O) groups is 2. The fraction of sp³-hybridized carbons (Fsp3) is 0.333. The highest BCUT2D eigenvalue weighted by Crippen LogP contribution is 2.22. The van der Waals surface area contributed by atoms with E-state index in [1.165, 1.54) is 0 Å². The summed E-state index contributed by atoms with van der Waals surface area (Å²) in [6, 6.07) is 0.923. The van der Waals surface area contributed by atoms with E-state index in [0.29, 0.717) is 12.1 Å². The molecule has 0 aromatic heterocycles. The summed E-state index contributed by atoms with van der Waals surface area (Å²) in [5.41, 5.74) is -1.93. The van der Waals surface area contributed by atoms with Crippen molar-refractivity contribution in [3.63, 3.8) is 0 Å². The molecule has 0 aliphatic rings. The second kappa shape index (κ2) is 7.27. The monoisotopic (exact) mass is 302 g/mol. The molecule has 0 atom stereocenters. The predicted octanol–water partition coefficient (Wildman–Crippen LogP) is 1.56. The van der Waals surface area contributed by atoms with Crippen molar-refractivity contribution in [2.45, 2.75) is 13.3 Å². The highest BCUT2D eigenvalue weighted by atomic mass is 19.1. The van der Waals surface area contributed by atoms with Crippen molar-refractivity contribution in [2.75, 3.05) is 13.2 Å². The maximum atomic E-state index is 13.7. The fourth-order valence-electron chi connectivity index (χ4n) is 1.48. The van der Waals surface area contributed by atoms with E-state index in [-0.39, 0.29) is 19.6 Å². The molecule has 114 valence electrons. The largest absolute Gasteiger partial charge is 0.466 e. The van der Waals surface area contributed by atoms with Gasteiger partial charge in [-0.05, 0) is 13.0 Å². The number of benzene rings is 1. The number of halogens is 2. The minimum absolute atomic E-state index is 0.154. The zero-order chi connectivity index (χ0) is 16.0. The van der Waals surface area contributed by atoms with Crippen LogP contribution in [0.1, 0.15) is 23.7 Å². The molecule has 1 amide bonds. The Morgan fingerprint density at radius 1 is 1.38 bits per heavy atom. The van der Waals surface area contributed by atoms with Crippen molar-refractivity contribution < 1.29 is 28.0 Å². The summed E-state index contributed by atoms with van der Waals surface area (Å²) < 4.78 is 31.5. The van der Waals surface area contributed by atoms with Gasteiger partial charge in [-0.15, -0.1) is 0 Å². The van der Waals surface area contributed by atoms with Gasteiger partial charge in [-0.25, -0.2) is 4.39 Å². The van der Waals surface area contributed by atoms with Gasteiger partial charge in [-0.3, -0.25) is 19.7 Å². The fourth-order valence-corrected chi connectivity index (χ4v) is 1.48. The Labute approximate surface area is 118 Å². The third kappa shape index (κ3) is 4.48. The maximum absolute atomic E-state index is 13.7. The van der Waals surface area contributed by atoms with E-state index in [4.69, 9.17) is 0 Å². The molecule has 0 heterocycles. The van der Waals surface area contributed by atoms with E-state index in [2.05, 4.69) is 10.1 Å². The molecule has 9 heteroatoms. The second-order valence-electron chi connectivity index (χ2n) is 3.85. The summed E-state index contributed by atoms with van der Waals surface area (Å²) in [6.45, 7) is 1.62. The zero-order valence-corrected chi connectivity index (χ0v) is 11.0. The lowest BCUT2D eigenvalue weighted by atomic mass is 10.1. The van der Waals surface area contributed by atoms with Crippen molar-refractivity contribution >= 4 is 17.6 Å². The van der Waals surface area contributed by atoms with Crippen molar-refractivity contribution in [2.24, 2.45) is 0 Å². The molecule has 21 heavy (non-hydrogen) atoms. The Morgan fingerprint density at radius 2 is 2.05 bits per heavy atom. The summed E-state index contributed by atoms with van der Waals surface area (Å²) in [5, 5.41) is 12.7. The minimum atomic E-state index is -1.44. The summed E-state index contributed by atoms with van der Waals surface area (Å²) in [7, 11) is 0. The average Bonchev–Trinajstić information content (AvgIpc) is 2.40. The topological polar surface area (TPSA) is 98.5 Å². The van der Waals surface area contributed by atoms with Gasteiger partial charge in [0.15, 0.2) is 0 Å². The standard InChI is InChI=1S/C12H12F2N2O5/c1-2-21-10(17)3-4-15-12(18)8-5-7(13)6-9(11(8)14)16(19)20/h5-6H,2-4H2,1H3,(H,15,18). The molecule has 1 N–H and O–H groups in total. The summed E-state index contributed by atoms with van der Waals surface area (Å²) in [5.74, 6) is -4.17. The number of amides is 1. The Balaban J connectivity index is 2.79. The highest BCUT2D eigenvalue weighted by molar-refractivity contribution is 5.95. The third-order valence-electron chi connectivity index (χ3n) is 2.38. The molecule has 0 aliphatic carbocycles. The van der Waals surface area contributed by atoms with Crippen molar-refractivity contribution in [3.8, 4) is 0 Å². The summed E-state index contributed by atoms with van der Waals surface area (Å²) in [4.78, 5) is 32.1. The number of nitro benzene ring substituents is 1. The van der Waals surface area contributed by atoms with Crippen molar-refractivity contribution in [1.82, 2.24) is 5.32 Å². The van der Waals surface area contributed by atoms with Gasteiger partial charge in [0.2, 0.25) is 5.82 Å². The van der Waals surface area contributed by atoms with Crippen LogP contribution in [0.5, 0.6) is 0 Å². The zero-order valence-electron chi connectivity index (χ0n) is 11.0. The first kappa shape index (κ1) is 16.5. The minimum Gasteiger partial charge on any atom is -0.466 e. The average molecular weight is 302 g/mol. The number of hydrogen-bond donors (Lipinski definition) is 1. The lowest BCUT2D eigenvalue weighted by molar-refractivity contribution is -0.387. The Morgan fingerprint density at radius 3 is 2.62 bits per heavy atom. The van der Waals surface area contributed by atoms with Crippen LogP contribution in [0.4, 0.5) is 14.5 Å². The number of esters is 1. The van der Waals surface area contributed by atoms with Crippen LogP contribution in [0.25, 0.3) is 0 Å². The molecule has 1 aromatic rings. The van der Waals surface area contributed by atoms with Gasteiger partial charge in [-0.2, -0.15) is 4.39 Å². The summed E-state index contributed by atoms with van der Waals surface area (Å²) >= 11 is 0. The number of hydrogen-bond acceptors (Lipinski definition) is 5. The molecule has 0 saturated carbocycles. The molecular formula is C12H12F2N2O5. The number of rotatable bonds is 6. The van der Waals surface area contributed by atoms with Crippen LogP contribution in [-0.4, -0.2) is 30.0 Å². The van der Waals surface area contributed by atoms with Gasteiger partial charge < -0.3 is 10.1 Å². The number of nitrogens with zero attached hydrogens (tertiary/aromatic N) is 1. The molecule has 1 rings (SSSR count). The lowest BCUT2D eigenvalue weighted by Gasteiger charge is -2.06. The first-order chi connectivity index (χ1) is 9.86. The van der Waals surface area contributed by atoms with E-state index < -0.39 is 39.7 Å². The summed E-state index contributed by atoms with van der Waals surface area (Å²) in [6.07, 6.45) is -0.154. The molecule has 0 bridgehead atoms. The Hall–Kier alpha value is -2.58. The smallest absolute Gasteiger partial charge is 0.308 e. The maximum Gasteiger partial charge on any atom is 0.308 e. The number of nitro groups is 1. The third-order valence-corrected chi connectivity index (χ3v) is 2.38. The predicted molar refractivity (Wildman–Crippen MR) is 66.6 cm³/mol. The van der Waals surface area contributed by atoms with E-state index in [9.17, 15) is 28.5 Å². The van der Waals surface area contributed by atoms with Gasteiger partial charge in [0.05, 0.1) is 29.6 Å². The van der Waals surface area contributed by atoms with Crippen molar-refractivity contribution in [3.05, 3.63) is 39.4 Å². The number of nitrogens with one attached hydrogen (secondary N) is 1. The first-order valence-corrected chi connectivity index (χ1v) is 5.94. The molecule has 0 spiro atoms. The van der Waals surface area contributed by atoms with Gasteiger partial charge in [0.1, 0.15) is 5.82 Å². The van der Waals surface area contributed by atoms with Gasteiger partial charge in [-0.1, -0.05) is 0 Å². The Kier molecular flexibility index (Phi) is 5.70. The second-order valence-corrected chi connectivity index (χ2v) is 3.85. The molecule has 0 aliphatic heterocycles. The van der Waals surface area contributed by atoms with E-state index in [1.807, 2.05) is 0 Å². The molecule has 0 saturated heterocycles. The SMILES string of the molecule is CCOC(=O)CCNC(=O)c1cc(F)cc([N+](=O)[O-])c1F. The van der Waals surface area contributed by atoms with Crippen LogP contribution in [0, 0.1) is 21.7 Å². The van der Waals surface area contributed by atoms with E-state index in [1.54, 1.807) is 6.92 Å². The van der Waals surface area contributed by atoms with Crippen LogP contribution >= 0.6 is 0 Å². The van der Waals surface area contributed by atoms with Crippen LogP contribution in [0.3, 0.4) is 0 Å². The van der Waals surface area contributed by atoms with Crippen LogP contribution < -0.4 is 5.32 Å². The van der Waals surface area contributed by atoms with Gasteiger partial charge in [0.25, 0.3) is 5.91 Å². The van der Waals surface area contributed by atoms with Crippen LogP contribution in [-0.2, 0) is 9.53 Å². The molecule has 0 fully saturated rings. The van der Waals surface area contributed by atoms with Crippen LogP contribution in [0.15, 0.2) is 12.1 Å². The molecule has 1 aromatic carbocycles. The van der Waals surface area contributed by atoms with E-state index >= 15 is 0 Å². The molecule has 0 unspecified atom stereocenters. The lowest BCUT2D eigenvalue weighted by Crippen LogP contribution is -2.27. The number of carbonyl (C=O) groups excluding carboxylic acids is 2. The quantitative estimate of drug-likeness (QED) is 0.488. The van der Waals surface area contributed by atoms with Gasteiger partial charge in [0, 0.05) is 6.54 Å².